The summed E-state index contributed by atoms with van der Waals surface area (Å²) in [6.07, 6.45) is -5.12. The molecule has 0 spiro atoms. The number of carbonyl (C=O) groups is 1. The largest absolute Gasteiger partial charge is 0.416 e. The molecule has 110 valence electrons. The molecule has 2 rings (SSSR count). The molecule has 3 nitrogen and oxygen atoms in total. The van der Waals surface area contributed by atoms with Crippen LogP contribution < -0.4 is 0 Å². The molecule has 1 aliphatic heterocycles. The van der Waals surface area contributed by atoms with Gasteiger partial charge in [-0.15, -0.1) is 11.8 Å². The third-order valence-corrected chi connectivity index (χ3v) is 4.18. The first-order valence-electron chi connectivity index (χ1n) is 6.05. The van der Waals surface area contributed by atoms with Crippen LogP contribution in [0.15, 0.2) is 24.3 Å². The molecule has 1 N–H and O–H groups in total. The quantitative estimate of drug-likeness (QED) is 0.933. The highest BCUT2D eigenvalue weighted by atomic mass is 32.2. The number of aliphatic hydroxyl groups is 1. The molecule has 1 aromatic rings. The Labute approximate surface area is 118 Å². The van der Waals surface area contributed by atoms with Gasteiger partial charge in [0.05, 0.1) is 17.4 Å². The summed E-state index contributed by atoms with van der Waals surface area (Å²) in [4.78, 5) is 13.2. The van der Waals surface area contributed by atoms with Crippen LogP contribution in [0.25, 0.3) is 0 Å². The molecule has 1 aliphatic rings. The number of aliphatic hydroxyl groups excluding tert-OH is 1. The zero-order valence-electron chi connectivity index (χ0n) is 10.7. The van der Waals surface area contributed by atoms with Crippen molar-refractivity contribution in [2.75, 3.05) is 12.3 Å². The Morgan fingerprint density at radius 2 is 2.20 bits per heavy atom. The first-order valence-corrected chi connectivity index (χ1v) is 7.10. The maximum absolute atomic E-state index is 12.7. The zero-order valence-corrected chi connectivity index (χ0v) is 11.5. The summed E-state index contributed by atoms with van der Waals surface area (Å²) in [6.45, 7) is 1.66. The molecule has 7 heteroatoms. The van der Waals surface area contributed by atoms with Gasteiger partial charge in [0.1, 0.15) is 5.37 Å². The summed E-state index contributed by atoms with van der Waals surface area (Å²) in [5.74, 6) is 0.0477. The van der Waals surface area contributed by atoms with Gasteiger partial charge in [0, 0.05) is 6.54 Å². The van der Waals surface area contributed by atoms with Crippen LogP contribution in [0.2, 0.25) is 0 Å². The Hall–Kier alpha value is -1.21. The monoisotopic (exact) mass is 305 g/mol. The van der Waals surface area contributed by atoms with E-state index in [4.69, 9.17) is 0 Å². The number of thioether (sulfide) groups is 1. The van der Waals surface area contributed by atoms with Crippen molar-refractivity contribution in [2.45, 2.75) is 24.6 Å². The number of hydrogen-bond donors (Lipinski definition) is 1. The van der Waals surface area contributed by atoms with Crippen LogP contribution in [0.5, 0.6) is 0 Å². The van der Waals surface area contributed by atoms with Crippen molar-refractivity contribution in [1.82, 2.24) is 4.90 Å². The van der Waals surface area contributed by atoms with E-state index in [9.17, 15) is 23.1 Å². The molecule has 1 amide bonds. The first-order chi connectivity index (χ1) is 9.29. The smallest absolute Gasteiger partial charge is 0.392 e. The summed E-state index contributed by atoms with van der Waals surface area (Å²) in [7, 11) is 0. The molecule has 0 radical (unpaired) electrons. The second-order valence-corrected chi connectivity index (χ2v) is 5.75. The minimum absolute atomic E-state index is 0.118. The lowest BCUT2D eigenvalue weighted by Gasteiger charge is -2.25. The molecule has 0 aliphatic carbocycles. The lowest BCUT2D eigenvalue weighted by molar-refractivity contribution is -0.137. The maximum atomic E-state index is 12.7. The number of carbonyl (C=O) groups excluding carboxylic acids is 1. The van der Waals surface area contributed by atoms with Gasteiger partial charge in [0.25, 0.3) is 0 Å². The van der Waals surface area contributed by atoms with Crippen LogP contribution in [0.3, 0.4) is 0 Å². The normalized spacial score (nSPS) is 21.4. The van der Waals surface area contributed by atoms with Crippen LogP contribution in [0.1, 0.15) is 23.4 Å². The van der Waals surface area contributed by atoms with Crippen molar-refractivity contribution < 1.29 is 23.1 Å². The Kier molecular flexibility index (Phi) is 4.29. The predicted octanol–water partition coefficient (Wildman–Crippen LogP) is 2.66. The van der Waals surface area contributed by atoms with Gasteiger partial charge < -0.3 is 10.0 Å². The van der Waals surface area contributed by atoms with Crippen molar-refractivity contribution in [3.05, 3.63) is 35.4 Å². The lowest BCUT2D eigenvalue weighted by atomic mass is 10.1. The fourth-order valence-corrected chi connectivity index (χ4v) is 3.27. The van der Waals surface area contributed by atoms with E-state index in [1.54, 1.807) is 13.0 Å². The summed E-state index contributed by atoms with van der Waals surface area (Å²) in [6, 6.07) is 4.97. The van der Waals surface area contributed by atoms with E-state index in [0.717, 1.165) is 12.1 Å². The summed E-state index contributed by atoms with van der Waals surface area (Å²) >= 11 is 1.27. The lowest BCUT2D eigenvalue weighted by Crippen LogP contribution is -2.34. The maximum Gasteiger partial charge on any atom is 0.416 e. The Morgan fingerprint density at radius 1 is 1.50 bits per heavy atom. The molecule has 0 saturated carbocycles. The van der Waals surface area contributed by atoms with Crippen LogP contribution in [0, 0.1) is 0 Å². The Bertz CT molecular complexity index is 505. The molecule has 1 heterocycles. The standard InChI is InChI=1S/C13H14F3NO2S/c1-8(18)6-17-11(19)7-20-12(17)9-3-2-4-10(5-9)13(14,15)16/h2-5,8,12,18H,6-7H2,1H3/t8-,12+/m0/s1. The highest BCUT2D eigenvalue weighted by Gasteiger charge is 2.35. The number of nitrogens with zero attached hydrogens (tertiary/aromatic N) is 1. The molecule has 0 unspecified atom stereocenters. The fourth-order valence-electron chi connectivity index (χ4n) is 2.08. The fraction of sp³-hybridized carbons (Fsp3) is 0.462. The van der Waals surface area contributed by atoms with Gasteiger partial charge >= 0.3 is 6.18 Å². The third-order valence-electron chi connectivity index (χ3n) is 2.93. The Balaban J connectivity index is 2.28. The zero-order chi connectivity index (χ0) is 14.9. The van der Waals surface area contributed by atoms with Crippen molar-refractivity contribution in [3.8, 4) is 0 Å². The minimum Gasteiger partial charge on any atom is -0.392 e. The van der Waals surface area contributed by atoms with Crippen molar-refractivity contribution >= 4 is 17.7 Å². The van der Waals surface area contributed by atoms with Crippen molar-refractivity contribution in [3.63, 3.8) is 0 Å². The van der Waals surface area contributed by atoms with E-state index in [1.807, 2.05) is 0 Å². The average Bonchev–Trinajstić information content (AvgIpc) is 2.70. The first kappa shape index (κ1) is 15.2. The molecule has 0 bridgehead atoms. The number of hydrogen-bond acceptors (Lipinski definition) is 3. The number of halogens is 3. The summed E-state index contributed by atoms with van der Waals surface area (Å²) in [5, 5.41) is 8.92. The number of amides is 1. The van der Waals surface area contributed by atoms with E-state index in [-0.39, 0.29) is 18.2 Å². The van der Waals surface area contributed by atoms with E-state index in [1.165, 1.54) is 22.7 Å². The summed E-state index contributed by atoms with van der Waals surface area (Å²) < 4.78 is 38.1. The number of rotatable bonds is 3. The highest BCUT2D eigenvalue weighted by molar-refractivity contribution is 8.00. The summed E-state index contributed by atoms with van der Waals surface area (Å²) in [5.41, 5.74) is -0.303. The van der Waals surface area contributed by atoms with Crippen molar-refractivity contribution in [2.24, 2.45) is 0 Å². The van der Waals surface area contributed by atoms with Crippen molar-refractivity contribution in [1.29, 1.82) is 0 Å². The average molecular weight is 305 g/mol. The van der Waals surface area contributed by atoms with Crippen LogP contribution >= 0.6 is 11.8 Å². The molecular weight excluding hydrogens is 291 g/mol. The van der Waals surface area contributed by atoms with E-state index >= 15 is 0 Å². The molecular formula is C13H14F3NO2S. The van der Waals surface area contributed by atoms with Gasteiger partial charge in [0.2, 0.25) is 5.91 Å². The number of alkyl halides is 3. The van der Waals surface area contributed by atoms with E-state index < -0.39 is 23.2 Å². The van der Waals surface area contributed by atoms with E-state index in [0.29, 0.717) is 5.56 Å². The van der Waals surface area contributed by atoms with Gasteiger partial charge in [-0.2, -0.15) is 13.2 Å². The van der Waals surface area contributed by atoms with Gasteiger partial charge in [-0.25, -0.2) is 0 Å². The molecule has 1 aromatic carbocycles. The Morgan fingerprint density at radius 3 is 2.80 bits per heavy atom. The topological polar surface area (TPSA) is 40.5 Å². The minimum atomic E-state index is -4.40. The number of β-amino-alcohol motifs (C(OH)–C–C–N with tert-alkyl or cyclic N) is 1. The van der Waals surface area contributed by atoms with E-state index in [2.05, 4.69) is 0 Å². The van der Waals surface area contributed by atoms with Crippen LogP contribution in [-0.4, -0.2) is 34.3 Å². The predicted molar refractivity (Wildman–Crippen MR) is 70.0 cm³/mol. The number of benzene rings is 1. The molecule has 1 fully saturated rings. The highest BCUT2D eigenvalue weighted by Crippen LogP contribution is 2.40. The van der Waals surface area contributed by atoms with Gasteiger partial charge in [-0.05, 0) is 24.6 Å². The van der Waals surface area contributed by atoms with Gasteiger partial charge in [-0.3, -0.25) is 4.79 Å². The molecule has 0 aromatic heterocycles. The van der Waals surface area contributed by atoms with Crippen LogP contribution in [0.4, 0.5) is 13.2 Å². The molecule has 1 saturated heterocycles. The van der Waals surface area contributed by atoms with Gasteiger partial charge in [-0.1, -0.05) is 12.1 Å². The second kappa shape index (κ2) is 5.65. The van der Waals surface area contributed by atoms with Crippen LogP contribution in [-0.2, 0) is 11.0 Å². The SMILES string of the molecule is C[C@H](O)CN1C(=O)CS[C@@H]1c1cccc(C(F)(F)F)c1. The third kappa shape index (κ3) is 3.27. The van der Waals surface area contributed by atoms with Gasteiger partial charge in [0.15, 0.2) is 0 Å². The molecule has 2 atom stereocenters. The molecule has 20 heavy (non-hydrogen) atoms. The second-order valence-electron chi connectivity index (χ2n) is 4.68.